The molecule has 1 rings (SSSR count). The van der Waals surface area contributed by atoms with Crippen molar-refractivity contribution in [2.75, 3.05) is 6.61 Å². The molecule has 0 spiro atoms. The zero-order chi connectivity index (χ0) is 10.4. The second-order valence-corrected chi connectivity index (χ2v) is 2.40. The Labute approximate surface area is 79.9 Å². The molecule has 6 nitrogen and oxygen atoms in total. The van der Waals surface area contributed by atoms with Crippen molar-refractivity contribution in [3.63, 3.8) is 0 Å². The third-order valence-electron chi connectivity index (χ3n) is 1.40. The second kappa shape index (κ2) is 4.93. The van der Waals surface area contributed by atoms with E-state index >= 15 is 0 Å². The molecule has 3 N–H and O–H groups in total. The van der Waals surface area contributed by atoms with Gasteiger partial charge in [0.25, 0.3) is 11.8 Å². The summed E-state index contributed by atoms with van der Waals surface area (Å²) in [5.74, 6) is -1.14. The molecule has 1 aromatic rings. The number of aliphatic hydroxyl groups excluding tert-OH is 1. The van der Waals surface area contributed by atoms with Crippen LogP contribution in [-0.2, 0) is 4.79 Å². The van der Waals surface area contributed by atoms with E-state index in [1.807, 2.05) is 5.43 Å². The zero-order valence-electron chi connectivity index (χ0n) is 7.23. The van der Waals surface area contributed by atoms with Gasteiger partial charge in [0, 0.05) is 18.0 Å². The van der Waals surface area contributed by atoms with Crippen molar-refractivity contribution in [1.29, 1.82) is 0 Å². The predicted octanol–water partition coefficient (Wildman–Crippen LogP) is -1.17. The Kier molecular flexibility index (Phi) is 3.57. The van der Waals surface area contributed by atoms with Crippen LogP contribution in [0.15, 0.2) is 24.5 Å². The van der Waals surface area contributed by atoms with Gasteiger partial charge in [-0.15, -0.1) is 0 Å². The highest BCUT2D eigenvalue weighted by molar-refractivity contribution is 5.95. The standard InChI is InChI=1S/C8H9N3O3/c12-5-7(13)10-11-8(14)6-1-3-9-4-2-6/h1-4,12H,5H2,(H,10,13)(H,11,14). The van der Waals surface area contributed by atoms with Crippen LogP contribution < -0.4 is 10.9 Å². The summed E-state index contributed by atoms with van der Waals surface area (Å²) in [6, 6.07) is 3.00. The highest BCUT2D eigenvalue weighted by Crippen LogP contribution is 1.93. The Morgan fingerprint density at radius 3 is 2.50 bits per heavy atom. The lowest BCUT2D eigenvalue weighted by Crippen LogP contribution is -2.42. The van der Waals surface area contributed by atoms with Crippen LogP contribution in [0.3, 0.4) is 0 Å². The Morgan fingerprint density at radius 1 is 1.29 bits per heavy atom. The van der Waals surface area contributed by atoms with E-state index in [2.05, 4.69) is 10.4 Å². The minimum atomic E-state index is -0.674. The molecule has 2 amide bonds. The summed E-state index contributed by atoms with van der Waals surface area (Å²) in [7, 11) is 0. The van der Waals surface area contributed by atoms with E-state index in [4.69, 9.17) is 5.11 Å². The Bertz CT molecular complexity index is 326. The van der Waals surface area contributed by atoms with Crippen LogP contribution in [0.4, 0.5) is 0 Å². The van der Waals surface area contributed by atoms with Crippen molar-refractivity contribution in [3.05, 3.63) is 30.1 Å². The summed E-state index contributed by atoms with van der Waals surface area (Å²) in [6.45, 7) is -0.670. The molecule has 0 aliphatic rings. The van der Waals surface area contributed by atoms with Gasteiger partial charge in [0.05, 0.1) is 0 Å². The largest absolute Gasteiger partial charge is 0.386 e. The molecule has 74 valence electrons. The number of hydrogen-bond donors (Lipinski definition) is 3. The average molecular weight is 195 g/mol. The fraction of sp³-hybridized carbons (Fsp3) is 0.125. The average Bonchev–Trinajstić information content (AvgIpc) is 2.26. The van der Waals surface area contributed by atoms with Crippen LogP contribution in [0.5, 0.6) is 0 Å². The normalized spacial score (nSPS) is 9.21. The topological polar surface area (TPSA) is 91.3 Å². The van der Waals surface area contributed by atoms with E-state index in [0.717, 1.165) is 0 Å². The second-order valence-electron chi connectivity index (χ2n) is 2.40. The minimum Gasteiger partial charge on any atom is -0.386 e. The lowest BCUT2D eigenvalue weighted by molar-refractivity contribution is -0.124. The first kappa shape index (κ1) is 10.1. The van der Waals surface area contributed by atoms with Gasteiger partial charge in [-0.1, -0.05) is 0 Å². The SMILES string of the molecule is O=C(CO)NNC(=O)c1ccncc1. The van der Waals surface area contributed by atoms with Crippen molar-refractivity contribution >= 4 is 11.8 Å². The molecular weight excluding hydrogens is 186 g/mol. The van der Waals surface area contributed by atoms with Crippen molar-refractivity contribution < 1.29 is 14.7 Å². The smallest absolute Gasteiger partial charge is 0.269 e. The number of rotatable bonds is 2. The number of nitrogens with zero attached hydrogens (tertiary/aromatic N) is 1. The van der Waals surface area contributed by atoms with Crippen LogP contribution >= 0.6 is 0 Å². The molecule has 0 atom stereocenters. The maximum atomic E-state index is 11.2. The van der Waals surface area contributed by atoms with Gasteiger partial charge in [0.2, 0.25) is 0 Å². The first-order valence-electron chi connectivity index (χ1n) is 3.84. The molecule has 0 fully saturated rings. The van der Waals surface area contributed by atoms with Crippen LogP contribution in [0.1, 0.15) is 10.4 Å². The number of pyridine rings is 1. The molecule has 14 heavy (non-hydrogen) atoms. The van der Waals surface area contributed by atoms with E-state index in [1.165, 1.54) is 24.5 Å². The van der Waals surface area contributed by atoms with Gasteiger partial charge in [-0.2, -0.15) is 0 Å². The molecule has 1 aromatic heterocycles. The number of nitrogens with one attached hydrogen (secondary N) is 2. The fourth-order valence-corrected chi connectivity index (χ4v) is 0.741. The Hall–Kier alpha value is -1.95. The lowest BCUT2D eigenvalue weighted by atomic mass is 10.3. The third-order valence-corrected chi connectivity index (χ3v) is 1.40. The Balaban J connectivity index is 2.48. The van der Waals surface area contributed by atoms with Crippen LogP contribution in [-0.4, -0.2) is 28.5 Å². The van der Waals surface area contributed by atoms with Crippen molar-refractivity contribution in [2.45, 2.75) is 0 Å². The molecular formula is C8H9N3O3. The monoisotopic (exact) mass is 195 g/mol. The van der Waals surface area contributed by atoms with Gasteiger partial charge >= 0.3 is 0 Å². The number of hydrogen-bond acceptors (Lipinski definition) is 4. The summed E-state index contributed by atoms with van der Waals surface area (Å²) >= 11 is 0. The summed E-state index contributed by atoms with van der Waals surface area (Å²) in [5.41, 5.74) is 4.52. The molecule has 0 saturated heterocycles. The molecule has 0 saturated carbocycles. The Morgan fingerprint density at radius 2 is 1.93 bits per heavy atom. The van der Waals surface area contributed by atoms with Crippen molar-refractivity contribution in [2.24, 2.45) is 0 Å². The molecule has 0 radical (unpaired) electrons. The quantitative estimate of drug-likeness (QED) is 0.519. The van der Waals surface area contributed by atoms with Crippen LogP contribution in [0.25, 0.3) is 0 Å². The molecule has 0 aliphatic heterocycles. The fourth-order valence-electron chi connectivity index (χ4n) is 0.741. The van der Waals surface area contributed by atoms with Crippen molar-refractivity contribution in [3.8, 4) is 0 Å². The number of amides is 2. The maximum absolute atomic E-state index is 11.2. The van der Waals surface area contributed by atoms with E-state index in [1.54, 1.807) is 0 Å². The first-order chi connectivity index (χ1) is 6.74. The van der Waals surface area contributed by atoms with Gasteiger partial charge in [0.1, 0.15) is 6.61 Å². The number of carbonyl (C=O) groups excluding carboxylic acids is 2. The summed E-state index contributed by atoms with van der Waals surface area (Å²) in [4.78, 5) is 25.5. The van der Waals surface area contributed by atoms with Gasteiger partial charge in [-0.3, -0.25) is 25.4 Å². The molecule has 0 aliphatic carbocycles. The van der Waals surface area contributed by atoms with E-state index < -0.39 is 18.4 Å². The zero-order valence-corrected chi connectivity index (χ0v) is 7.23. The van der Waals surface area contributed by atoms with E-state index in [-0.39, 0.29) is 0 Å². The number of carbonyl (C=O) groups is 2. The summed E-state index contributed by atoms with van der Waals surface area (Å²) in [5, 5.41) is 8.34. The summed E-state index contributed by atoms with van der Waals surface area (Å²) < 4.78 is 0. The molecule has 0 aromatic carbocycles. The van der Waals surface area contributed by atoms with Gasteiger partial charge < -0.3 is 5.11 Å². The van der Waals surface area contributed by atoms with Crippen molar-refractivity contribution in [1.82, 2.24) is 15.8 Å². The minimum absolute atomic E-state index is 0.373. The highest BCUT2D eigenvalue weighted by Gasteiger charge is 2.04. The summed E-state index contributed by atoms with van der Waals surface area (Å²) in [6.07, 6.45) is 2.92. The predicted molar refractivity (Wildman–Crippen MR) is 46.9 cm³/mol. The van der Waals surface area contributed by atoms with E-state index in [9.17, 15) is 9.59 Å². The molecule has 6 heteroatoms. The van der Waals surface area contributed by atoms with E-state index in [0.29, 0.717) is 5.56 Å². The molecule has 0 bridgehead atoms. The van der Waals surface area contributed by atoms with Crippen LogP contribution in [0, 0.1) is 0 Å². The number of aromatic nitrogens is 1. The first-order valence-corrected chi connectivity index (χ1v) is 3.84. The van der Waals surface area contributed by atoms with Gasteiger partial charge in [0.15, 0.2) is 0 Å². The van der Waals surface area contributed by atoms with Gasteiger partial charge in [-0.05, 0) is 12.1 Å². The molecule has 0 unspecified atom stereocenters. The highest BCUT2D eigenvalue weighted by atomic mass is 16.3. The lowest BCUT2D eigenvalue weighted by Gasteiger charge is -2.04. The van der Waals surface area contributed by atoms with Crippen LogP contribution in [0.2, 0.25) is 0 Å². The van der Waals surface area contributed by atoms with Gasteiger partial charge in [-0.25, -0.2) is 0 Å². The number of hydrazine groups is 1. The number of aliphatic hydroxyl groups is 1. The third kappa shape index (κ3) is 2.83. The molecule has 1 heterocycles. The maximum Gasteiger partial charge on any atom is 0.269 e.